The molecule has 2 aliphatic rings. The number of nitrogens with one attached hydrogen (secondary N) is 1. The fraction of sp³-hybridized carbons (Fsp3) is 0.500. The molecule has 2 aliphatic heterocycles. The Morgan fingerprint density at radius 1 is 0.943 bits per heavy atom. The Labute approximate surface area is 199 Å². The van der Waals surface area contributed by atoms with Crippen molar-refractivity contribution in [1.29, 1.82) is 0 Å². The van der Waals surface area contributed by atoms with Gasteiger partial charge in [-0.25, -0.2) is 13.1 Å². The average Bonchev–Trinajstić information content (AvgIpc) is 3.27. The first kappa shape index (κ1) is 25.6. The van der Waals surface area contributed by atoms with E-state index in [1.54, 1.807) is 11.9 Å². The van der Waals surface area contributed by atoms with E-state index >= 15 is 0 Å². The molecule has 1 amide bonds. The van der Waals surface area contributed by atoms with Gasteiger partial charge < -0.3 is 9.47 Å². The lowest BCUT2D eigenvalue weighted by Crippen LogP contribution is -2.57. The molecule has 0 atom stereocenters. The molecule has 1 spiro atoms. The van der Waals surface area contributed by atoms with Crippen LogP contribution in [0.2, 0.25) is 0 Å². The number of aromatic nitrogens is 1. The molecule has 0 saturated carbocycles. The summed E-state index contributed by atoms with van der Waals surface area (Å²) in [4.78, 5) is 16.5. The molecule has 1 aromatic carbocycles. The lowest BCUT2D eigenvalue weighted by molar-refractivity contribution is -0.292. The van der Waals surface area contributed by atoms with Gasteiger partial charge in [0.15, 0.2) is 0 Å². The molecule has 3 heterocycles. The van der Waals surface area contributed by atoms with Gasteiger partial charge >= 0.3 is 12.1 Å². The lowest BCUT2D eigenvalue weighted by Gasteiger charge is -2.50. The number of nitrogens with zero attached hydrogens (tertiary/aromatic N) is 3. The Hall–Kier alpha value is -2.51. The van der Waals surface area contributed by atoms with Crippen LogP contribution in [0.25, 0.3) is 0 Å². The SMILES string of the molecule is CNS(=O)(=O)c1ccc(C(=O)N2CCC3(CC2)c2ccc(C(F)(F)C(F)(F)F)n2CCN3C)cc1. The van der Waals surface area contributed by atoms with Crippen LogP contribution in [-0.2, 0) is 28.0 Å². The maximum absolute atomic E-state index is 14.2. The highest BCUT2D eigenvalue weighted by Gasteiger charge is 2.61. The largest absolute Gasteiger partial charge is 0.459 e. The summed E-state index contributed by atoms with van der Waals surface area (Å²) < 4.78 is 94.5. The maximum atomic E-state index is 14.2. The molecule has 13 heteroatoms. The predicted molar refractivity (Wildman–Crippen MR) is 117 cm³/mol. The van der Waals surface area contributed by atoms with Gasteiger partial charge in [-0.05, 0) is 63.3 Å². The van der Waals surface area contributed by atoms with E-state index in [-0.39, 0.29) is 37.0 Å². The van der Waals surface area contributed by atoms with Gasteiger partial charge in [0.05, 0.1) is 16.1 Å². The monoisotopic (exact) mass is 520 g/mol. The Morgan fingerprint density at radius 3 is 2.09 bits per heavy atom. The summed E-state index contributed by atoms with van der Waals surface area (Å²) in [5, 5.41) is 0. The second-order valence-corrected chi connectivity index (χ2v) is 10.7. The number of hydrogen-bond acceptors (Lipinski definition) is 4. The molecule has 0 aliphatic carbocycles. The fourth-order valence-electron chi connectivity index (χ4n) is 4.99. The van der Waals surface area contributed by atoms with E-state index in [4.69, 9.17) is 0 Å². The number of carbonyl (C=O) groups is 1. The molecule has 2 aromatic rings. The van der Waals surface area contributed by atoms with Crippen LogP contribution in [0.15, 0.2) is 41.3 Å². The highest BCUT2D eigenvalue weighted by atomic mass is 32.2. The number of sulfonamides is 1. The molecule has 0 unspecified atom stereocenters. The van der Waals surface area contributed by atoms with Crippen molar-refractivity contribution < 1.29 is 35.2 Å². The lowest BCUT2D eigenvalue weighted by atomic mass is 9.81. The molecule has 0 bridgehead atoms. The smallest absolute Gasteiger partial charge is 0.340 e. The van der Waals surface area contributed by atoms with Crippen LogP contribution >= 0.6 is 0 Å². The molecular weight excluding hydrogens is 495 g/mol. The highest BCUT2D eigenvalue weighted by Crippen LogP contribution is 2.48. The summed E-state index contributed by atoms with van der Waals surface area (Å²) >= 11 is 0. The summed E-state index contributed by atoms with van der Waals surface area (Å²) in [7, 11) is -0.559. The van der Waals surface area contributed by atoms with Crippen LogP contribution in [-0.4, -0.2) is 68.6 Å². The minimum absolute atomic E-state index is 0.00606. The van der Waals surface area contributed by atoms with Crippen LogP contribution in [0.3, 0.4) is 0 Å². The highest BCUT2D eigenvalue weighted by molar-refractivity contribution is 7.89. The summed E-state index contributed by atoms with van der Waals surface area (Å²) in [5.74, 6) is -5.28. The van der Waals surface area contributed by atoms with Gasteiger partial charge in [0.1, 0.15) is 0 Å². The van der Waals surface area contributed by atoms with Crippen LogP contribution in [0, 0.1) is 0 Å². The van der Waals surface area contributed by atoms with Crippen molar-refractivity contribution in [2.75, 3.05) is 33.7 Å². The molecule has 1 N–H and O–H groups in total. The molecular formula is C22H25F5N4O3S. The molecule has 7 nitrogen and oxygen atoms in total. The number of likely N-dealkylation sites (tertiary alicyclic amines) is 1. The van der Waals surface area contributed by atoms with Crippen molar-refractivity contribution in [3.8, 4) is 0 Å². The Morgan fingerprint density at radius 2 is 1.54 bits per heavy atom. The predicted octanol–water partition coefficient (Wildman–Crippen LogP) is 3.13. The van der Waals surface area contributed by atoms with E-state index < -0.39 is 33.4 Å². The fourth-order valence-corrected chi connectivity index (χ4v) is 5.72. The molecule has 35 heavy (non-hydrogen) atoms. The standard InChI is InChI=1S/C22H25F5N4O3S/c1-28-35(33,34)16-5-3-15(4-6-16)19(32)30-11-9-20(10-12-30)17-7-8-18(21(23,24)22(25,26)27)31(17)14-13-29(20)2/h3-8,28H,9-14H2,1-2H3. The van der Waals surface area contributed by atoms with Gasteiger partial charge in [-0.1, -0.05) is 0 Å². The van der Waals surface area contributed by atoms with E-state index in [9.17, 15) is 35.2 Å². The third-order valence-electron chi connectivity index (χ3n) is 7.08. The van der Waals surface area contributed by atoms with Crippen molar-refractivity contribution in [3.63, 3.8) is 0 Å². The topological polar surface area (TPSA) is 74.6 Å². The number of fused-ring (bicyclic) bond motifs is 2. The number of carbonyl (C=O) groups excluding carboxylic acids is 1. The van der Waals surface area contributed by atoms with Crippen molar-refractivity contribution >= 4 is 15.9 Å². The number of rotatable bonds is 4. The van der Waals surface area contributed by atoms with E-state index in [1.807, 2.05) is 4.90 Å². The number of benzene rings is 1. The summed E-state index contributed by atoms with van der Waals surface area (Å²) in [6.45, 7) is 0.815. The van der Waals surface area contributed by atoms with E-state index in [2.05, 4.69) is 4.72 Å². The van der Waals surface area contributed by atoms with Crippen LogP contribution < -0.4 is 4.72 Å². The first-order valence-corrected chi connectivity index (χ1v) is 12.4. The molecule has 0 radical (unpaired) electrons. The van der Waals surface area contributed by atoms with Gasteiger partial charge in [-0.3, -0.25) is 9.69 Å². The normalized spacial score (nSPS) is 19.1. The Balaban J connectivity index is 1.56. The minimum Gasteiger partial charge on any atom is -0.340 e. The third kappa shape index (κ3) is 4.12. The number of piperidine rings is 1. The zero-order chi connectivity index (χ0) is 25.8. The Kier molecular flexibility index (Phi) is 6.25. The molecule has 1 aromatic heterocycles. The molecule has 192 valence electrons. The van der Waals surface area contributed by atoms with Crippen LogP contribution in [0.5, 0.6) is 0 Å². The van der Waals surface area contributed by atoms with E-state index in [0.29, 0.717) is 24.1 Å². The van der Waals surface area contributed by atoms with Gasteiger partial charge in [0.25, 0.3) is 5.91 Å². The average molecular weight is 521 g/mol. The van der Waals surface area contributed by atoms with Crippen molar-refractivity contribution in [1.82, 2.24) is 19.1 Å². The summed E-state index contributed by atoms with van der Waals surface area (Å²) in [5.41, 5.74) is -1.16. The number of halogens is 5. The van der Waals surface area contributed by atoms with Gasteiger partial charge in [0, 0.05) is 37.4 Å². The third-order valence-corrected chi connectivity index (χ3v) is 8.51. The quantitative estimate of drug-likeness (QED) is 0.629. The van der Waals surface area contributed by atoms with Gasteiger partial charge in [-0.15, -0.1) is 0 Å². The first-order valence-electron chi connectivity index (χ1n) is 10.9. The first-order chi connectivity index (χ1) is 16.2. The number of amides is 1. The van der Waals surface area contributed by atoms with E-state index in [1.165, 1.54) is 37.4 Å². The number of likely N-dealkylation sites (N-methyl/N-ethyl adjacent to an activating group) is 1. The molecule has 1 saturated heterocycles. The molecule has 4 rings (SSSR count). The van der Waals surface area contributed by atoms with Crippen molar-refractivity contribution in [3.05, 3.63) is 53.3 Å². The second-order valence-electron chi connectivity index (χ2n) is 8.80. The van der Waals surface area contributed by atoms with Crippen LogP contribution in [0.4, 0.5) is 22.0 Å². The minimum atomic E-state index is -5.70. The maximum Gasteiger partial charge on any atom is 0.459 e. The van der Waals surface area contributed by atoms with Crippen molar-refractivity contribution in [2.24, 2.45) is 0 Å². The zero-order valence-corrected chi connectivity index (χ0v) is 19.9. The van der Waals surface area contributed by atoms with E-state index in [0.717, 1.165) is 10.6 Å². The summed E-state index contributed by atoms with van der Waals surface area (Å²) in [6.07, 6.45) is -5.00. The van der Waals surface area contributed by atoms with Gasteiger partial charge in [-0.2, -0.15) is 22.0 Å². The Bertz CT molecular complexity index is 1220. The van der Waals surface area contributed by atoms with Gasteiger partial charge in [0.2, 0.25) is 10.0 Å². The second kappa shape index (κ2) is 8.56. The van der Waals surface area contributed by atoms with Crippen molar-refractivity contribution in [2.45, 2.75) is 41.9 Å². The number of hydrogen-bond donors (Lipinski definition) is 1. The zero-order valence-electron chi connectivity index (χ0n) is 19.1. The number of alkyl halides is 5. The molecule has 1 fully saturated rings. The summed E-state index contributed by atoms with van der Waals surface area (Å²) in [6, 6.07) is 7.68. The van der Waals surface area contributed by atoms with Crippen LogP contribution in [0.1, 0.15) is 34.6 Å².